The number of pyridine rings is 1. The van der Waals surface area contributed by atoms with E-state index in [1.807, 2.05) is 0 Å². The number of rotatable bonds is 4. The van der Waals surface area contributed by atoms with E-state index in [-0.39, 0.29) is 34.9 Å². The van der Waals surface area contributed by atoms with Crippen molar-refractivity contribution in [3.05, 3.63) is 71.7 Å². The molecule has 3 aromatic rings. The molecular weight excluding hydrogens is 457 g/mol. The van der Waals surface area contributed by atoms with Crippen molar-refractivity contribution in [3.8, 4) is 11.4 Å². The highest BCUT2D eigenvalue weighted by Gasteiger charge is 2.49. The second-order valence-corrected chi connectivity index (χ2v) is 8.28. The molecule has 34 heavy (non-hydrogen) atoms. The maximum absolute atomic E-state index is 14.7. The van der Waals surface area contributed by atoms with Crippen LogP contribution in [0.1, 0.15) is 35.2 Å². The van der Waals surface area contributed by atoms with Gasteiger partial charge in [-0.3, -0.25) is 4.79 Å². The zero-order chi connectivity index (χ0) is 24.0. The van der Waals surface area contributed by atoms with Crippen LogP contribution in [0.2, 0.25) is 0 Å². The Kier molecular flexibility index (Phi) is 5.41. The van der Waals surface area contributed by atoms with E-state index in [1.165, 1.54) is 30.6 Å². The Labute approximate surface area is 190 Å². The van der Waals surface area contributed by atoms with Gasteiger partial charge in [0.1, 0.15) is 5.82 Å². The molecule has 5 rings (SSSR count). The Morgan fingerprint density at radius 1 is 1.03 bits per heavy atom. The van der Waals surface area contributed by atoms with Gasteiger partial charge in [0.05, 0.1) is 28.8 Å². The Bertz CT molecular complexity index is 1240. The van der Waals surface area contributed by atoms with Crippen molar-refractivity contribution in [3.63, 3.8) is 0 Å². The van der Waals surface area contributed by atoms with Crippen LogP contribution in [0.3, 0.4) is 0 Å². The molecule has 0 radical (unpaired) electrons. The predicted octanol–water partition coefficient (Wildman–Crippen LogP) is 4.69. The van der Waals surface area contributed by atoms with Gasteiger partial charge in [-0.15, -0.1) is 0 Å². The second-order valence-electron chi connectivity index (χ2n) is 8.28. The normalized spacial score (nSPS) is 21.7. The molecule has 0 spiro atoms. The summed E-state index contributed by atoms with van der Waals surface area (Å²) in [6.07, 6.45) is 0.563. The van der Waals surface area contributed by atoms with Gasteiger partial charge in [-0.2, -0.15) is 13.2 Å². The summed E-state index contributed by atoms with van der Waals surface area (Å²) in [5.41, 5.74) is -1.07. The van der Waals surface area contributed by atoms with Crippen LogP contribution in [-0.2, 0) is 6.18 Å². The second kappa shape index (κ2) is 8.30. The number of hydrogen-bond acceptors (Lipinski definition) is 5. The predicted molar refractivity (Wildman–Crippen MR) is 112 cm³/mol. The molecule has 11 heteroatoms. The van der Waals surface area contributed by atoms with Crippen LogP contribution in [-0.4, -0.2) is 43.9 Å². The molecular formula is C23H18F5N5O. The number of nitrogens with one attached hydrogen (secondary N) is 1. The monoisotopic (exact) mass is 475 g/mol. The van der Waals surface area contributed by atoms with Gasteiger partial charge in [-0.1, -0.05) is 6.07 Å². The molecule has 2 fully saturated rings. The number of amides is 1. The van der Waals surface area contributed by atoms with Gasteiger partial charge >= 0.3 is 6.18 Å². The summed E-state index contributed by atoms with van der Waals surface area (Å²) >= 11 is 0. The summed E-state index contributed by atoms with van der Waals surface area (Å²) in [5, 5.41) is 2.87. The average molecular weight is 475 g/mol. The third kappa shape index (κ3) is 3.84. The number of aromatic nitrogens is 3. The summed E-state index contributed by atoms with van der Waals surface area (Å²) in [4.78, 5) is 26.9. The van der Waals surface area contributed by atoms with E-state index in [4.69, 9.17) is 0 Å². The standard InChI is InChI=1S/C23H18F5N5O/c24-15-4-1-3-14(19(15)21-29-7-2-8-30-21)22(34)33-13-5-6-18(33)17(10-13)32-20-16(25)9-12(11-31-20)23(26,27)28/h1-4,7-9,11,13,17-18H,5-6,10H2,(H,31,32). The molecule has 3 atom stereocenters. The van der Waals surface area contributed by atoms with Gasteiger partial charge < -0.3 is 10.2 Å². The fourth-order valence-corrected chi connectivity index (χ4v) is 4.83. The summed E-state index contributed by atoms with van der Waals surface area (Å²) < 4.78 is 67.5. The van der Waals surface area contributed by atoms with Gasteiger partial charge in [-0.25, -0.2) is 23.7 Å². The number of hydrogen-bond donors (Lipinski definition) is 1. The van der Waals surface area contributed by atoms with Crippen LogP contribution < -0.4 is 5.32 Å². The minimum Gasteiger partial charge on any atom is -0.363 e. The van der Waals surface area contributed by atoms with Crippen molar-refractivity contribution in [2.24, 2.45) is 0 Å². The Morgan fingerprint density at radius 2 is 1.79 bits per heavy atom. The minimum absolute atomic E-state index is 0.000593. The number of carbonyl (C=O) groups is 1. The molecule has 2 aromatic heterocycles. The average Bonchev–Trinajstić information content (AvgIpc) is 3.37. The van der Waals surface area contributed by atoms with Crippen molar-refractivity contribution in [1.82, 2.24) is 19.9 Å². The topological polar surface area (TPSA) is 71.0 Å². The molecule has 2 bridgehead atoms. The zero-order valence-electron chi connectivity index (χ0n) is 17.6. The first-order valence-electron chi connectivity index (χ1n) is 10.6. The zero-order valence-corrected chi connectivity index (χ0v) is 17.6. The van der Waals surface area contributed by atoms with E-state index < -0.39 is 35.3 Å². The lowest BCUT2D eigenvalue weighted by Gasteiger charge is -2.26. The van der Waals surface area contributed by atoms with Crippen LogP contribution in [0.25, 0.3) is 11.4 Å². The van der Waals surface area contributed by atoms with Gasteiger partial charge in [0.2, 0.25) is 0 Å². The molecule has 2 aliphatic rings. The highest BCUT2D eigenvalue weighted by atomic mass is 19.4. The van der Waals surface area contributed by atoms with E-state index in [1.54, 1.807) is 11.0 Å². The highest BCUT2D eigenvalue weighted by molar-refractivity contribution is 6.01. The number of nitrogens with zero attached hydrogens (tertiary/aromatic N) is 4. The minimum atomic E-state index is -4.70. The first-order chi connectivity index (χ1) is 16.2. The fraction of sp³-hybridized carbons (Fsp3) is 0.304. The molecule has 1 aromatic carbocycles. The van der Waals surface area contributed by atoms with Crippen LogP contribution in [0.15, 0.2) is 48.9 Å². The van der Waals surface area contributed by atoms with E-state index in [0.717, 1.165) is 0 Å². The number of carbonyl (C=O) groups excluding carboxylic acids is 1. The van der Waals surface area contributed by atoms with Gasteiger partial charge in [-0.05, 0) is 43.5 Å². The summed E-state index contributed by atoms with van der Waals surface area (Å²) in [5.74, 6) is -2.37. The highest BCUT2D eigenvalue weighted by Crippen LogP contribution is 2.41. The molecule has 2 aliphatic heterocycles. The van der Waals surface area contributed by atoms with Crippen LogP contribution in [0, 0.1) is 11.6 Å². The van der Waals surface area contributed by atoms with Crippen LogP contribution in [0.4, 0.5) is 27.8 Å². The maximum Gasteiger partial charge on any atom is 0.417 e. The summed E-state index contributed by atoms with van der Waals surface area (Å²) in [7, 11) is 0. The molecule has 3 unspecified atom stereocenters. The van der Waals surface area contributed by atoms with Crippen molar-refractivity contribution < 1.29 is 26.7 Å². The first kappa shape index (κ1) is 22.2. The Hall–Kier alpha value is -3.63. The van der Waals surface area contributed by atoms with Crippen molar-refractivity contribution >= 4 is 11.7 Å². The number of anilines is 1. The molecule has 1 N–H and O–H groups in total. The number of alkyl halides is 3. The summed E-state index contributed by atoms with van der Waals surface area (Å²) in [6, 6.07) is 5.20. The molecule has 0 aliphatic carbocycles. The van der Waals surface area contributed by atoms with Crippen LogP contribution in [0.5, 0.6) is 0 Å². The van der Waals surface area contributed by atoms with E-state index in [0.29, 0.717) is 31.5 Å². The lowest BCUT2D eigenvalue weighted by Crippen LogP contribution is -2.40. The Balaban J connectivity index is 1.41. The lowest BCUT2D eigenvalue weighted by molar-refractivity contribution is -0.138. The number of halogens is 5. The maximum atomic E-state index is 14.7. The Morgan fingerprint density at radius 3 is 2.50 bits per heavy atom. The van der Waals surface area contributed by atoms with Gasteiger partial charge in [0.15, 0.2) is 17.5 Å². The van der Waals surface area contributed by atoms with E-state index in [9.17, 15) is 26.7 Å². The fourth-order valence-electron chi connectivity index (χ4n) is 4.83. The largest absolute Gasteiger partial charge is 0.417 e. The third-order valence-corrected chi connectivity index (χ3v) is 6.30. The van der Waals surface area contributed by atoms with E-state index >= 15 is 0 Å². The SMILES string of the molecule is O=C(c1cccc(F)c1-c1ncccn1)N1C2CCC1C(Nc1ncc(C(F)(F)F)cc1F)C2. The third-order valence-electron chi connectivity index (χ3n) is 6.30. The smallest absolute Gasteiger partial charge is 0.363 e. The summed E-state index contributed by atoms with van der Waals surface area (Å²) in [6.45, 7) is 0. The van der Waals surface area contributed by atoms with Crippen molar-refractivity contribution in [2.75, 3.05) is 5.32 Å². The lowest BCUT2D eigenvalue weighted by atomic mass is 9.95. The van der Waals surface area contributed by atoms with Gasteiger partial charge in [0.25, 0.3) is 5.91 Å². The number of benzene rings is 1. The van der Waals surface area contributed by atoms with E-state index in [2.05, 4.69) is 20.3 Å². The van der Waals surface area contributed by atoms with Crippen molar-refractivity contribution in [1.29, 1.82) is 0 Å². The quantitative estimate of drug-likeness (QED) is 0.555. The molecule has 6 nitrogen and oxygen atoms in total. The molecule has 4 heterocycles. The van der Waals surface area contributed by atoms with Crippen molar-refractivity contribution in [2.45, 2.75) is 43.6 Å². The molecule has 2 saturated heterocycles. The van der Waals surface area contributed by atoms with Gasteiger partial charge in [0, 0.05) is 24.6 Å². The number of fused-ring (bicyclic) bond motifs is 2. The van der Waals surface area contributed by atoms with Crippen LogP contribution >= 0.6 is 0 Å². The molecule has 176 valence electrons. The molecule has 0 saturated carbocycles. The molecule has 1 amide bonds. The first-order valence-corrected chi connectivity index (χ1v) is 10.6.